The van der Waals surface area contributed by atoms with Crippen molar-refractivity contribution >= 4 is 11.9 Å². The van der Waals surface area contributed by atoms with E-state index < -0.39 is 18.4 Å². The van der Waals surface area contributed by atoms with Gasteiger partial charge in [-0.15, -0.1) is 0 Å². The van der Waals surface area contributed by atoms with E-state index in [1.165, 1.54) is 0 Å². The van der Waals surface area contributed by atoms with Crippen LogP contribution < -0.4 is 14.2 Å². The first kappa shape index (κ1) is 13.2. The number of benzene rings is 1. The fourth-order valence-corrected chi connectivity index (χ4v) is 1.62. The van der Waals surface area contributed by atoms with E-state index in [2.05, 4.69) is 4.74 Å². The number of fused-ring (bicyclic) bond motifs is 1. The minimum Gasteiger partial charge on any atom is -0.466 e. The Hall–Kier alpha value is -2.24. The predicted molar refractivity (Wildman–Crippen MR) is 64.2 cm³/mol. The zero-order valence-electron chi connectivity index (χ0n) is 10.7. The molecule has 102 valence electrons. The van der Waals surface area contributed by atoms with Crippen LogP contribution >= 0.6 is 0 Å². The first-order valence-electron chi connectivity index (χ1n) is 5.86. The topological polar surface area (TPSA) is 71.1 Å². The highest BCUT2D eigenvalue weighted by molar-refractivity contribution is 5.92. The smallest absolute Gasteiger partial charge is 0.322 e. The van der Waals surface area contributed by atoms with Crippen molar-refractivity contribution in [3.8, 4) is 17.2 Å². The Labute approximate surface area is 110 Å². The SMILES string of the molecule is CCOC(=O)CC(=O)Oc1cc2c(cc1C)OCO2. The van der Waals surface area contributed by atoms with Crippen molar-refractivity contribution in [1.82, 2.24) is 0 Å². The average molecular weight is 266 g/mol. The minimum atomic E-state index is -0.666. The third-order valence-corrected chi connectivity index (χ3v) is 2.49. The standard InChI is InChI=1S/C13H14O6/c1-3-16-12(14)6-13(15)19-9-5-11-10(4-8(9)2)17-7-18-11/h4-5H,3,6-7H2,1-2H3. The lowest BCUT2D eigenvalue weighted by Crippen LogP contribution is -2.16. The molecule has 0 saturated carbocycles. The summed E-state index contributed by atoms with van der Waals surface area (Å²) in [6.07, 6.45) is -0.415. The van der Waals surface area contributed by atoms with Gasteiger partial charge in [-0.25, -0.2) is 0 Å². The predicted octanol–water partition coefficient (Wildman–Crippen LogP) is 1.58. The molecule has 0 saturated heterocycles. The Kier molecular flexibility index (Phi) is 3.89. The molecular formula is C13H14O6. The van der Waals surface area contributed by atoms with E-state index >= 15 is 0 Å². The molecule has 0 radical (unpaired) electrons. The fourth-order valence-electron chi connectivity index (χ4n) is 1.62. The van der Waals surface area contributed by atoms with Gasteiger partial charge in [-0.3, -0.25) is 9.59 Å². The molecule has 1 aliphatic rings. The largest absolute Gasteiger partial charge is 0.466 e. The van der Waals surface area contributed by atoms with Gasteiger partial charge in [0, 0.05) is 6.07 Å². The number of aryl methyl sites for hydroxylation is 1. The van der Waals surface area contributed by atoms with Crippen molar-refractivity contribution in [3.63, 3.8) is 0 Å². The van der Waals surface area contributed by atoms with Gasteiger partial charge in [0.1, 0.15) is 12.2 Å². The molecule has 0 fully saturated rings. The molecular weight excluding hydrogens is 252 g/mol. The summed E-state index contributed by atoms with van der Waals surface area (Å²) < 4.78 is 20.2. The second kappa shape index (κ2) is 5.60. The van der Waals surface area contributed by atoms with Crippen LogP contribution in [0.2, 0.25) is 0 Å². The second-order valence-corrected chi connectivity index (χ2v) is 3.93. The number of ether oxygens (including phenoxy) is 4. The highest BCUT2D eigenvalue weighted by Crippen LogP contribution is 2.37. The molecule has 19 heavy (non-hydrogen) atoms. The first-order valence-corrected chi connectivity index (χ1v) is 5.86. The van der Waals surface area contributed by atoms with Gasteiger partial charge in [0.2, 0.25) is 6.79 Å². The van der Waals surface area contributed by atoms with Crippen molar-refractivity contribution in [3.05, 3.63) is 17.7 Å². The van der Waals surface area contributed by atoms with Crippen molar-refractivity contribution in [2.45, 2.75) is 20.3 Å². The lowest BCUT2D eigenvalue weighted by molar-refractivity contribution is -0.149. The summed E-state index contributed by atoms with van der Waals surface area (Å²) in [6.45, 7) is 3.82. The molecule has 2 rings (SSSR count). The Morgan fingerprint density at radius 1 is 1.21 bits per heavy atom. The zero-order valence-corrected chi connectivity index (χ0v) is 10.7. The van der Waals surface area contributed by atoms with E-state index in [1.54, 1.807) is 26.0 Å². The molecule has 0 spiro atoms. The molecule has 0 amide bonds. The number of carbonyl (C=O) groups excluding carboxylic acids is 2. The Morgan fingerprint density at radius 2 is 1.89 bits per heavy atom. The van der Waals surface area contributed by atoms with Crippen LogP contribution in [0, 0.1) is 6.92 Å². The van der Waals surface area contributed by atoms with E-state index in [4.69, 9.17) is 14.2 Å². The van der Waals surface area contributed by atoms with E-state index in [-0.39, 0.29) is 13.4 Å². The molecule has 6 heteroatoms. The molecule has 1 aliphatic heterocycles. The van der Waals surface area contributed by atoms with Crippen LogP contribution in [-0.2, 0) is 14.3 Å². The van der Waals surface area contributed by atoms with Gasteiger partial charge in [0.15, 0.2) is 11.5 Å². The van der Waals surface area contributed by atoms with Crippen LogP contribution in [0.1, 0.15) is 18.9 Å². The molecule has 0 N–H and O–H groups in total. The molecule has 0 bridgehead atoms. The fraction of sp³-hybridized carbons (Fsp3) is 0.385. The summed E-state index contributed by atoms with van der Waals surface area (Å²) in [5.41, 5.74) is 0.724. The van der Waals surface area contributed by atoms with E-state index in [0.29, 0.717) is 17.2 Å². The highest BCUT2D eigenvalue weighted by atomic mass is 16.7. The lowest BCUT2D eigenvalue weighted by Gasteiger charge is -2.08. The van der Waals surface area contributed by atoms with Crippen LogP contribution in [-0.4, -0.2) is 25.3 Å². The quantitative estimate of drug-likeness (QED) is 0.468. The van der Waals surface area contributed by atoms with Crippen LogP contribution in [0.5, 0.6) is 17.2 Å². The Morgan fingerprint density at radius 3 is 2.58 bits per heavy atom. The molecule has 0 unspecified atom stereocenters. The summed E-state index contributed by atoms with van der Waals surface area (Å²) in [7, 11) is 0. The van der Waals surface area contributed by atoms with Gasteiger partial charge in [0.25, 0.3) is 0 Å². The van der Waals surface area contributed by atoms with Crippen molar-refractivity contribution < 1.29 is 28.5 Å². The third-order valence-electron chi connectivity index (χ3n) is 2.49. The molecule has 0 aromatic heterocycles. The minimum absolute atomic E-state index is 0.148. The maximum absolute atomic E-state index is 11.6. The summed E-state index contributed by atoms with van der Waals surface area (Å²) >= 11 is 0. The Balaban J connectivity index is 2.03. The Bertz CT molecular complexity index is 508. The van der Waals surface area contributed by atoms with Crippen LogP contribution in [0.3, 0.4) is 0 Å². The van der Waals surface area contributed by atoms with Crippen LogP contribution in [0.15, 0.2) is 12.1 Å². The van der Waals surface area contributed by atoms with Crippen LogP contribution in [0.4, 0.5) is 0 Å². The van der Waals surface area contributed by atoms with Gasteiger partial charge in [-0.1, -0.05) is 0 Å². The maximum Gasteiger partial charge on any atom is 0.322 e. The average Bonchev–Trinajstić information content (AvgIpc) is 2.76. The monoisotopic (exact) mass is 266 g/mol. The second-order valence-electron chi connectivity index (χ2n) is 3.93. The van der Waals surface area contributed by atoms with Crippen LogP contribution in [0.25, 0.3) is 0 Å². The lowest BCUT2D eigenvalue weighted by atomic mass is 10.2. The van der Waals surface area contributed by atoms with Gasteiger partial charge in [-0.05, 0) is 25.5 Å². The van der Waals surface area contributed by atoms with Gasteiger partial charge >= 0.3 is 11.9 Å². The zero-order chi connectivity index (χ0) is 13.8. The van der Waals surface area contributed by atoms with Crippen molar-refractivity contribution in [2.75, 3.05) is 13.4 Å². The van der Waals surface area contributed by atoms with E-state index in [9.17, 15) is 9.59 Å². The first-order chi connectivity index (χ1) is 9.10. The van der Waals surface area contributed by atoms with Gasteiger partial charge in [0.05, 0.1) is 6.61 Å². The third kappa shape index (κ3) is 3.15. The molecule has 0 atom stereocenters. The molecule has 0 aliphatic carbocycles. The maximum atomic E-state index is 11.6. The van der Waals surface area contributed by atoms with E-state index in [0.717, 1.165) is 5.56 Å². The highest BCUT2D eigenvalue weighted by Gasteiger charge is 2.19. The van der Waals surface area contributed by atoms with Crippen molar-refractivity contribution in [2.24, 2.45) is 0 Å². The summed E-state index contributed by atoms with van der Waals surface area (Å²) in [5.74, 6) is 0.206. The molecule has 1 heterocycles. The number of carbonyl (C=O) groups is 2. The van der Waals surface area contributed by atoms with Crippen molar-refractivity contribution in [1.29, 1.82) is 0 Å². The molecule has 1 aromatic rings. The van der Waals surface area contributed by atoms with Gasteiger partial charge in [-0.2, -0.15) is 0 Å². The number of hydrogen-bond donors (Lipinski definition) is 0. The molecule has 6 nitrogen and oxygen atoms in total. The summed E-state index contributed by atoms with van der Waals surface area (Å²) in [6, 6.07) is 3.29. The summed E-state index contributed by atoms with van der Waals surface area (Å²) in [4.78, 5) is 22.7. The van der Waals surface area contributed by atoms with E-state index in [1.807, 2.05) is 0 Å². The normalized spacial score (nSPS) is 12.1. The number of rotatable bonds is 4. The van der Waals surface area contributed by atoms with Gasteiger partial charge < -0.3 is 18.9 Å². The number of hydrogen-bond acceptors (Lipinski definition) is 6. The molecule has 1 aromatic carbocycles. The summed E-state index contributed by atoms with van der Waals surface area (Å²) in [5, 5.41) is 0. The number of esters is 2.